The molecule has 0 radical (unpaired) electrons. The van der Waals surface area contributed by atoms with Crippen LogP contribution in [0.3, 0.4) is 0 Å². The van der Waals surface area contributed by atoms with Crippen LogP contribution in [0, 0.1) is 11.7 Å². The van der Waals surface area contributed by atoms with Crippen molar-refractivity contribution in [2.75, 3.05) is 13.1 Å². The average molecular weight is 355 g/mol. The number of halogens is 4. The Kier molecular flexibility index (Phi) is 4.91. The largest absolute Gasteiger partial charge is 0.573 e. The van der Waals surface area contributed by atoms with Crippen LogP contribution in [0.25, 0.3) is 11.3 Å². The molecule has 1 aromatic heterocycles. The molecule has 0 bridgehead atoms. The van der Waals surface area contributed by atoms with Crippen molar-refractivity contribution in [2.24, 2.45) is 5.92 Å². The maximum atomic E-state index is 14.4. The minimum Gasteiger partial charge on any atom is -0.406 e. The molecule has 1 aliphatic heterocycles. The highest BCUT2D eigenvalue weighted by Gasteiger charge is 2.31. The maximum absolute atomic E-state index is 14.4. The summed E-state index contributed by atoms with van der Waals surface area (Å²) in [5.41, 5.74) is 1.12. The Morgan fingerprint density at radius 3 is 2.32 bits per heavy atom. The first kappa shape index (κ1) is 17.6. The van der Waals surface area contributed by atoms with Gasteiger partial charge in [0.05, 0.1) is 6.17 Å². The Hall–Kier alpha value is -2.19. The van der Waals surface area contributed by atoms with Gasteiger partial charge in [0, 0.05) is 30.4 Å². The molecule has 2 aromatic rings. The first-order valence-electron chi connectivity index (χ1n) is 7.80. The van der Waals surface area contributed by atoms with Crippen LogP contribution in [0.5, 0.6) is 5.75 Å². The molecular weight excluding hydrogens is 338 g/mol. The van der Waals surface area contributed by atoms with E-state index in [2.05, 4.69) is 27.3 Å². The topological polar surface area (TPSA) is 46.2 Å². The van der Waals surface area contributed by atoms with Crippen molar-refractivity contribution in [2.45, 2.75) is 19.5 Å². The molecule has 2 heterocycles. The van der Waals surface area contributed by atoms with E-state index >= 15 is 0 Å². The van der Waals surface area contributed by atoms with E-state index in [4.69, 9.17) is 0 Å². The van der Waals surface area contributed by atoms with Crippen molar-refractivity contribution in [3.8, 4) is 17.0 Å². The fourth-order valence-electron chi connectivity index (χ4n) is 2.66. The molecule has 0 atom stereocenters. The average Bonchev–Trinajstić information content (AvgIpc) is 2.55. The predicted octanol–water partition coefficient (Wildman–Crippen LogP) is 3.61. The third-order valence-electron chi connectivity index (χ3n) is 3.90. The minimum absolute atomic E-state index is 0.0755. The van der Waals surface area contributed by atoms with Gasteiger partial charge in [0.15, 0.2) is 0 Å². The number of nitrogens with zero attached hydrogens (tertiary/aromatic N) is 1. The van der Waals surface area contributed by atoms with Crippen molar-refractivity contribution in [1.82, 2.24) is 15.6 Å². The summed E-state index contributed by atoms with van der Waals surface area (Å²) in [5.74, 6) is -0.409. The van der Waals surface area contributed by atoms with Gasteiger partial charge in [-0.15, -0.1) is 13.2 Å². The van der Waals surface area contributed by atoms with E-state index in [9.17, 15) is 17.6 Å². The third-order valence-corrected chi connectivity index (χ3v) is 3.90. The molecule has 1 aliphatic rings. The lowest BCUT2D eigenvalue weighted by molar-refractivity contribution is -0.274. The van der Waals surface area contributed by atoms with Crippen molar-refractivity contribution in [3.05, 3.63) is 47.9 Å². The molecule has 8 heteroatoms. The van der Waals surface area contributed by atoms with Gasteiger partial charge in [0.2, 0.25) is 0 Å². The number of aromatic nitrogens is 1. The van der Waals surface area contributed by atoms with Crippen LogP contribution in [-0.2, 0) is 0 Å². The monoisotopic (exact) mass is 355 g/mol. The van der Waals surface area contributed by atoms with E-state index in [1.807, 2.05) is 0 Å². The van der Waals surface area contributed by atoms with Crippen molar-refractivity contribution >= 4 is 0 Å². The summed E-state index contributed by atoms with van der Waals surface area (Å²) in [6.45, 7) is 3.74. The van der Waals surface area contributed by atoms with Gasteiger partial charge in [0.1, 0.15) is 17.3 Å². The zero-order valence-electron chi connectivity index (χ0n) is 13.4. The van der Waals surface area contributed by atoms with Crippen LogP contribution >= 0.6 is 0 Å². The molecule has 0 spiro atoms. The van der Waals surface area contributed by atoms with Gasteiger partial charge in [-0.3, -0.25) is 15.6 Å². The number of nitrogens with one attached hydrogen (secondary N) is 2. The standard InChI is InChI=1S/C17H17F4N3O/c1-10-7-23-16(24-8-10)12-6-14(18)15(22-9-12)11-2-4-13(5-3-11)25-17(19,20)21/h2-6,9-10,16,23-24H,7-8H2,1H3. The number of ether oxygens (including phenoxy) is 1. The molecule has 134 valence electrons. The SMILES string of the molecule is CC1CNC(c2cnc(-c3ccc(OC(F)(F)F)cc3)c(F)c2)NC1. The van der Waals surface area contributed by atoms with E-state index in [0.29, 0.717) is 17.0 Å². The second-order valence-corrected chi connectivity index (χ2v) is 6.03. The Morgan fingerprint density at radius 1 is 1.12 bits per heavy atom. The molecule has 3 rings (SSSR count). The summed E-state index contributed by atoms with van der Waals surface area (Å²) in [6, 6.07) is 6.31. The lowest BCUT2D eigenvalue weighted by atomic mass is 10.1. The molecule has 2 N–H and O–H groups in total. The summed E-state index contributed by atoms with van der Waals surface area (Å²) in [6.07, 6.45) is -3.38. The van der Waals surface area contributed by atoms with Gasteiger partial charge >= 0.3 is 6.36 Å². The highest BCUT2D eigenvalue weighted by atomic mass is 19.4. The molecule has 4 nitrogen and oxygen atoms in total. The van der Waals surface area contributed by atoms with Gasteiger partial charge < -0.3 is 4.74 Å². The second kappa shape index (κ2) is 6.97. The summed E-state index contributed by atoms with van der Waals surface area (Å²) in [4.78, 5) is 4.13. The van der Waals surface area contributed by atoms with Crippen molar-refractivity contribution in [1.29, 1.82) is 0 Å². The zero-order chi connectivity index (χ0) is 18.0. The van der Waals surface area contributed by atoms with Gasteiger partial charge in [-0.2, -0.15) is 0 Å². The number of alkyl halides is 3. The molecule has 0 saturated carbocycles. The highest BCUT2D eigenvalue weighted by Crippen LogP contribution is 2.27. The van der Waals surface area contributed by atoms with Gasteiger partial charge in [-0.25, -0.2) is 4.39 Å². The number of benzene rings is 1. The first-order valence-corrected chi connectivity index (χ1v) is 7.80. The van der Waals surface area contributed by atoms with Crippen LogP contribution in [-0.4, -0.2) is 24.4 Å². The number of hydrogen-bond donors (Lipinski definition) is 2. The molecule has 25 heavy (non-hydrogen) atoms. The van der Waals surface area contributed by atoms with E-state index < -0.39 is 12.2 Å². The summed E-state index contributed by atoms with van der Waals surface area (Å²) < 4.78 is 54.7. The third kappa shape index (κ3) is 4.46. The number of rotatable bonds is 3. The van der Waals surface area contributed by atoms with Gasteiger partial charge in [-0.05, 0) is 36.2 Å². The smallest absolute Gasteiger partial charge is 0.406 e. The lowest BCUT2D eigenvalue weighted by Gasteiger charge is -2.29. The number of pyridine rings is 1. The molecule has 1 saturated heterocycles. The summed E-state index contributed by atoms with van der Waals surface area (Å²) >= 11 is 0. The molecule has 1 fully saturated rings. The van der Waals surface area contributed by atoms with Crippen LogP contribution in [0.2, 0.25) is 0 Å². The maximum Gasteiger partial charge on any atom is 0.573 e. The lowest BCUT2D eigenvalue weighted by Crippen LogP contribution is -2.45. The van der Waals surface area contributed by atoms with E-state index in [1.54, 1.807) is 6.20 Å². The molecule has 1 aromatic carbocycles. The van der Waals surface area contributed by atoms with Crippen molar-refractivity contribution in [3.63, 3.8) is 0 Å². The van der Waals surface area contributed by atoms with Gasteiger partial charge in [-0.1, -0.05) is 6.92 Å². The summed E-state index contributed by atoms with van der Waals surface area (Å²) in [7, 11) is 0. The minimum atomic E-state index is -4.76. The van der Waals surface area contributed by atoms with Crippen LogP contribution in [0.15, 0.2) is 36.5 Å². The van der Waals surface area contributed by atoms with E-state index in [-0.39, 0.29) is 17.6 Å². The molecule has 0 aliphatic carbocycles. The fraction of sp³-hybridized carbons (Fsp3) is 0.353. The molecule has 0 amide bonds. The van der Waals surface area contributed by atoms with Crippen LogP contribution < -0.4 is 15.4 Å². The quantitative estimate of drug-likeness (QED) is 0.826. The Morgan fingerprint density at radius 2 is 1.76 bits per heavy atom. The van der Waals surface area contributed by atoms with Gasteiger partial charge in [0.25, 0.3) is 0 Å². The Labute approximate surface area is 142 Å². The first-order chi connectivity index (χ1) is 11.8. The normalized spacial score (nSPS) is 21.2. The van der Waals surface area contributed by atoms with E-state index in [0.717, 1.165) is 25.2 Å². The van der Waals surface area contributed by atoms with Crippen LogP contribution in [0.4, 0.5) is 17.6 Å². The Bertz CT molecular complexity index is 726. The Balaban J connectivity index is 1.77. The van der Waals surface area contributed by atoms with E-state index in [1.165, 1.54) is 18.2 Å². The summed E-state index contributed by atoms with van der Waals surface area (Å²) in [5, 5.41) is 6.52. The van der Waals surface area contributed by atoms with Crippen molar-refractivity contribution < 1.29 is 22.3 Å². The number of hydrogen-bond acceptors (Lipinski definition) is 4. The molecule has 0 unspecified atom stereocenters. The highest BCUT2D eigenvalue weighted by molar-refractivity contribution is 5.61. The molecular formula is C17H17F4N3O. The fourth-order valence-corrected chi connectivity index (χ4v) is 2.66. The predicted molar refractivity (Wildman–Crippen MR) is 84.2 cm³/mol. The second-order valence-electron chi connectivity index (χ2n) is 6.03. The van der Waals surface area contributed by atoms with Crippen LogP contribution in [0.1, 0.15) is 18.7 Å². The zero-order valence-corrected chi connectivity index (χ0v) is 13.4.